The average molecular weight is 354 g/mol. The fourth-order valence-electron chi connectivity index (χ4n) is 1.99. The number of rotatable bonds is 4. The zero-order valence-electron chi connectivity index (χ0n) is 12.6. The van der Waals surface area contributed by atoms with Gasteiger partial charge < -0.3 is 0 Å². The van der Waals surface area contributed by atoms with E-state index >= 15 is 0 Å². The molecular formula is C15H10N6O3S. The molecule has 0 radical (unpaired) electrons. The van der Waals surface area contributed by atoms with E-state index in [0.717, 1.165) is 4.68 Å². The molecule has 2 aromatic carbocycles. The monoisotopic (exact) mass is 354 g/mol. The molecule has 0 bridgehead atoms. The molecule has 0 spiro atoms. The van der Waals surface area contributed by atoms with E-state index in [1.807, 2.05) is 6.07 Å². The van der Waals surface area contributed by atoms with E-state index in [1.165, 1.54) is 24.3 Å². The van der Waals surface area contributed by atoms with Crippen LogP contribution in [-0.2, 0) is 0 Å². The third-order valence-electron chi connectivity index (χ3n) is 3.21. The minimum absolute atomic E-state index is 0.0182. The van der Waals surface area contributed by atoms with Gasteiger partial charge in [-0.05, 0) is 24.4 Å². The van der Waals surface area contributed by atoms with Gasteiger partial charge in [0.1, 0.15) is 0 Å². The normalized spacial score (nSPS) is 10.9. The van der Waals surface area contributed by atoms with Crippen molar-refractivity contribution < 1.29 is 4.92 Å². The zero-order chi connectivity index (χ0) is 17.8. The summed E-state index contributed by atoms with van der Waals surface area (Å²) in [7, 11) is 0. The van der Waals surface area contributed by atoms with Gasteiger partial charge in [0.2, 0.25) is 4.77 Å². The SMILES string of the molecule is O=c1c(-c2ccccc2)n[nH]c(=S)n1N=Nc1ccc([N+](=O)[O-])cc1. The van der Waals surface area contributed by atoms with E-state index in [1.54, 1.807) is 24.3 Å². The average Bonchev–Trinajstić information content (AvgIpc) is 2.63. The number of nitrogens with one attached hydrogen (secondary N) is 1. The Kier molecular flexibility index (Phi) is 4.53. The summed E-state index contributed by atoms with van der Waals surface area (Å²) in [6.45, 7) is 0. The number of aromatic amines is 1. The van der Waals surface area contributed by atoms with Crippen molar-refractivity contribution in [1.29, 1.82) is 0 Å². The molecule has 1 N–H and O–H groups in total. The Morgan fingerprint density at radius 1 is 1.12 bits per heavy atom. The first kappa shape index (κ1) is 16.3. The van der Waals surface area contributed by atoms with Crippen LogP contribution in [0.3, 0.4) is 0 Å². The van der Waals surface area contributed by atoms with Crippen molar-refractivity contribution in [3.63, 3.8) is 0 Å². The number of nitro benzene ring substituents is 1. The first-order valence-corrected chi connectivity index (χ1v) is 7.41. The largest absolute Gasteiger partial charge is 0.303 e. The summed E-state index contributed by atoms with van der Waals surface area (Å²) in [6, 6.07) is 14.3. The van der Waals surface area contributed by atoms with Crippen LogP contribution in [0.5, 0.6) is 0 Å². The number of hydrogen-bond acceptors (Lipinski definition) is 7. The van der Waals surface area contributed by atoms with Crippen LogP contribution in [0.25, 0.3) is 11.3 Å². The number of nitro groups is 1. The number of non-ortho nitro benzene ring substituents is 1. The third kappa shape index (κ3) is 3.53. The molecule has 0 saturated heterocycles. The van der Waals surface area contributed by atoms with Gasteiger partial charge >= 0.3 is 5.56 Å². The van der Waals surface area contributed by atoms with Crippen molar-refractivity contribution in [2.75, 3.05) is 0 Å². The van der Waals surface area contributed by atoms with Gasteiger partial charge in [-0.2, -0.15) is 5.10 Å². The lowest BCUT2D eigenvalue weighted by atomic mass is 10.2. The van der Waals surface area contributed by atoms with E-state index in [2.05, 4.69) is 20.5 Å². The quantitative estimate of drug-likeness (QED) is 0.333. The van der Waals surface area contributed by atoms with Gasteiger partial charge in [0.15, 0.2) is 5.69 Å². The molecule has 10 heteroatoms. The molecule has 0 atom stereocenters. The molecule has 1 heterocycles. The number of hydrogen-bond donors (Lipinski definition) is 1. The Morgan fingerprint density at radius 2 is 1.80 bits per heavy atom. The zero-order valence-corrected chi connectivity index (χ0v) is 13.4. The first-order chi connectivity index (χ1) is 12.1. The summed E-state index contributed by atoms with van der Waals surface area (Å²) in [6.07, 6.45) is 0. The van der Waals surface area contributed by atoms with Gasteiger partial charge in [0.25, 0.3) is 5.69 Å². The van der Waals surface area contributed by atoms with Gasteiger partial charge in [-0.15, -0.1) is 9.79 Å². The Labute approximate surface area is 145 Å². The van der Waals surface area contributed by atoms with Gasteiger partial charge in [-0.25, -0.2) is 0 Å². The van der Waals surface area contributed by atoms with Crippen LogP contribution in [-0.4, -0.2) is 19.8 Å². The molecule has 0 aliphatic carbocycles. The van der Waals surface area contributed by atoms with Gasteiger partial charge in [-0.1, -0.05) is 35.6 Å². The molecule has 0 aliphatic heterocycles. The van der Waals surface area contributed by atoms with Crippen LogP contribution in [0.15, 0.2) is 69.7 Å². The highest BCUT2D eigenvalue weighted by molar-refractivity contribution is 7.71. The maximum atomic E-state index is 12.5. The highest BCUT2D eigenvalue weighted by atomic mass is 32.1. The van der Waals surface area contributed by atoms with Crippen LogP contribution >= 0.6 is 12.2 Å². The number of benzene rings is 2. The first-order valence-electron chi connectivity index (χ1n) is 7.00. The summed E-state index contributed by atoms with van der Waals surface area (Å²) in [5.41, 5.74) is 0.504. The van der Waals surface area contributed by atoms with E-state index in [9.17, 15) is 14.9 Å². The predicted octanol–water partition coefficient (Wildman–Crippen LogP) is 3.42. The maximum Gasteiger partial charge on any atom is 0.303 e. The molecule has 3 aromatic rings. The minimum atomic E-state index is -0.527. The number of aromatic nitrogens is 3. The molecule has 0 fully saturated rings. The fourth-order valence-corrected chi connectivity index (χ4v) is 2.16. The lowest BCUT2D eigenvalue weighted by Crippen LogP contribution is -2.21. The summed E-state index contributed by atoms with van der Waals surface area (Å²) in [4.78, 5) is 22.6. The van der Waals surface area contributed by atoms with Crippen molar-refractivity contribution in [2.24, 2.45) is 10.3 Å². The molecule has 0 aliphatic rings. The molecule has 124 valence electrons. The molecule has 3 rings (SSSR count). The fraction of sp³-hybridized carbons (Fsp3) is 0. The highest BCUT2D eigenvalue weighted by Gasteiger charge is 2.09. The Morgan fingerprint density at radius 3 is 2.44 bits per heavy atom. The molecule has 0 unspecified atom stereocenters. The summed E-state index contributed by atoms with van der Waals surface area (Å²) < 4.78 is 0.891. The summed E-state index contributed by atoms with van der Waals surface area (Å²) in [5, 5.41) is 24.8. The van der Waals surface area contributed by atoms with Gasteiger partial charge in [-0.3, -0.25) is 20.0 Å². The van der Waals surface area contributed by atoms with Crippen molar-refractivity contribution in [1.82, 2.24) is 14.9 Å². The van der Waals surface area contributed by atoms with Gasteiger partial charge in [0, 0.05) is 17.7 Å². The van der Waals surface area contributed by atoms with E-state index in [4.69, 9.17) is 12.2 Å². The second kappa shape index (κ2) is 6.93. The molecule has 9 nitrogen and oxygen atoms in total. The smallest absolute Gasteiger partial charge is 0.265 e. The van der Waals surface area contributed by atoms with Crippen molar-refractivity contribution >= 4 is 23.6 Å². The summed E-state index contributed by atoms with van der Waals surface area (Å²) in [5.74, 6) is 0. The second-order valence-electron chi connectivity index (χ2n) is 4.82. The predicted molar refractivity (Wildman–Crippen MR) is 92.1 cm³/mol. The Bertz CT molecular complexity index is 1060. The molecule has 25 heavy (non-hydrogen) atoms. The van der Waals surface area contributed by atoms with Gasteiger partial charge in [0.05, 0.1) is 10.6 Å². The van der Waals surface area contributed by atoms with E-state index in [-0.39, 0.29) is 16.2 Å². The Balaban J connectivity index is 1.99. The Hall–Kier alpha value is -3.53. The van der Waals surface area contributed by atoms with Crippen molar-refractivity contribution in [2.45, 2.75) is 0 Å². The molecule has 0 amide bonds. The van der Waals surface area contributed by atoms with Crippen LogP contribution in [0.4, 0.5) is 11.4 Å². The van der Waals surface area contributed by atoms with Crippen molar-refractivity contribution in [3.05, 3.63) is 79.8 Å². The topological polar surface area (TPSA) is 119 Å². The van der Waals surface area contributed by atoms with Crippen LogP contribution in [0.2, 0.25) is 0 Å². The summed E-state index contributed by atoms with van der Waals surface area (Å²) >= 11 is 5.02. The molecular weight excluding hydrogens is 344 g/mol. The van der Waals surface area contributed by atoms with Crippen LogP contribution in [0, 0.1) is 14.9 Å². The van der Waals surface area contributed by atoms with E-state index in [0.29, 0.717) is 11.3 Å². The molecule has 0 saturated carbocycles. The third-order valence-corrected chi connectivity index (χ3v) is 3.47. The van der Waals surface area contributed by atoms with E-state index < -0.39 is 10.5 Å². The standard InChI is InChI=1S/C15H10N6O3S/c22-14-13(10-4-2-1-3-5-10)17-18-15(25)20(14)19-16-11-6-8-12(9-7-11)21(23)24/h1-9H,(H,18,25). The number of H-pyrrole nitrogens is 1. The van der Waals surface area contributed by atoms with Crippen LogP contribution < -0.4 is 5.56 Å². The highest BCUT2D eigenvalue weighted by Crippen LogP contribution is 2.18. The minimum Gasteiger partial charge on any atom is -0.265 e. The maximum absolute atomic E-state index is 12.5. The molecule has 1 aromatic heterocycles. The number of nitrogens with zero attached hydrogens (tertiary/aromatic N) is 5. The van der Waals surface area contributed by atoms with Crippen LogP contribution in [0.1, 0.15) is 0 Å². The van der Waals surface area contributed by atoms with Crippen molar-refractivity contribution in [3.8, 4) is 11.3 Å². The second-order valence-corrected chi connectivity index (χ2v) is 5.21. The lowest BCUT2D eigenvalue weighted by Gasteiger charge is -2.02. The lowest BCUT2D eigenvalue weighted by molar-refractivity contribution is -0.384.